The summed E-state index contributed by atoms with van der Waals surface area (Å²) in [4.78, 5) is 22.2. The third kappa shape index (κ3) is 3.83. The fraction of sp³-hybridized carbons (Fsp3) is 0.200. The van der Waals surface area contributed by atoms with E-state index in [0.29, 0.717) is 5.69 Å². The molecule has 0 fully saturated rings. The van der Waals surface area contributed by atoms with Gasteiger partial charge in [0.2, 0.25) is 5.91 Å². The normalized spacial score (nSPS) is 9.69. The highest BCUT2D eigenvalue weighted by atomic mass is 79.9. The number of urea groups is 1. The predicted octanol–water partition coefficient (Wildman–Crippen LogP) is 2.64. The van der Waals surface area contributed by atoms with Crippen molar-refractivity contribution >= 4 is 45.2 Å². The lowest BCUT2D eigenvalue weighted by molar-refractivity contribution is -0.117. The molecule has 0 unspecified atom stereocenters. The number of rotatable bonds is 2. The van der Waals surface area contributed by atoms with E-state index in [1.807, 2.05) is 19.1 Å². The van der Waals surface area contributed by atoms with Gasteiger partial charge in [0.15, 0.2) is 0 Å². The number of hydrogen-bond donors (Lipinski definition) is 2. The molecule has 0 aliphatic heterocycles. The summed E-state index contributed by atoms with van der Waals surface area (Å²) in [5.74, 6) is -0.787. The molecule has 4 nitrogen and oxygen atoms in total. The number of carbonyl (C=O) groups is 2. The Morgan fingerprint density at radius 2 is 2.12 bits per heavy atom. The topological polar surface area (TPSA) is 58.2 Å². The lowest BCUT2D eigenvalue weighted by atomic mass is 10.2. The minimum absolute atomic E-state index is 0.248. The molecule has 3 amide bonds. The number of carbonyl (C=O) groups excluding carboxylic acids is 2. The van der Waals surface area contributed by atoms with Gasteiger partial charge in [-0.2, -0.15) is 0 Å². The van der Waals surface area contributed by atoms with Gasteiger partial charge in [-0.1, -0.05) is 6.07 Å². The Morgan fingerprint density at radius 1 is 1.44 bits per heavy atom. The molecular formula is C10H10BrClN2O2. The molecule has 0 atom stereocenters. The largest absolute Gasteiger partial charge is 0.325 e. The molecule has 0 aromatic heterocycles. The Bertz CT molecular complexity index is 423. The molecule has 1 aromatic rings. The standard InChI is InChI=1S/C10H10BrClN2O2/c1-6-2-3-7(11)8(4-6)13-10(16)14-9(15)5-12/h2-4H,5H2,1H3,(H2,13,14,15,16). The Balaban J connectivity index is 2.69. The second-order valence-corrected chi connectivity index (χ2v) is 4.24. The molecule has 0 heterocycles. The van der Waals surface area contributed by atoms with Crippen molar-refractivity contribution in [1.82, 2.24) is 5.32 Å². The van der Waals surface area contributed by atoms with Crippen LogP contribution in [0.3, 0.4) is 0 Å². The van der Waals surface area contributed by atoms with Crippen molar-refractivity contribution in [3.8, 4) is 0 Å². The summed E-state index contributed by atoms with van der Waals surface area (Å²) < 4.78 is 0.742. The highest BCUT2D eigenvalue weighted by molar-refractivity contribution is 9.10. The molecule has 0 spiro atoms. The maximum atomic E-state index is 11.3. The SMILES string of the molecule is Cc1ccc(Br)c(NC(=O)NC(=O)CCl)c1. The van der Waals surface area contributed by atoms with Gasteiger partial charge in [0, 0.05) is 4.47 Å². The van der Waals surface area contributed by atoms with E-state index in [1.54, 1.807) is 6.07 Å². The van der Waals surface area contributed by atoms with Crippen LogP contribution in [0.5, 0.6) is 0 Å². The fourth-order valence-corrected chi connectivity index (χ4v) is 1.46. The molecule has 1 aromatic carbocycles. The summed E-state index contributed by atoms with van der Waals surface area (Å²) in [5.41, 5.74) is 1.60. The minimum atomic E-state index is -0.600. The molecule has 0 aliphatic rings. The van der Waals surface area contributed by atoms with Crippen LogP contribution < -0.4 is 10.6 Å². The summed E-state index contributed by atoms with van der Waals surface area (Å²) >= 11 is 8.54. The molecule has 0 bridgehead atoms. The third-order valence-electron chi connectivity index (χ3n) is 1.74. The zero-order valence-corrected chi connectivity index (χ0v) is 10.9. The summed E-state index contributed by atoms with van der Waals surface area (Å²) in [6.07, 6.45) is 0. The summed E-state index contributed by atoms with van der Waals surface area (Å²) in [6.45, 7) is 1.90. The molecule has 2 N–H and O–H groups in total. The van der Waals surface area contributed by atoms with Gasteiger partial charge in [0.05, 0.1) is 5.69 Å². The number of amides is 3. The minimum Gasteiger partial charge on any atom is -0.307 e. The second kappa shape index (κ2) is 5.86. The van der Waals surface area contributed by atoms with Crippen LogP contribution in [0.4, 0.5) is 10.5 Å². The van der Waals surface area contributed by atoms with Crippen LogP contribution in [0, 0.1) is 6.92 Å². The molecule has 0 saturated heterocycles. The van der Waals surface area contributed by atoms with Crippen molar-refractivity contribution in [3.63, 3.8) is 0 Å². The average Bonchev–Trinajstić information content (AvgIpc) is 2.23. The summed E-state index contributed by atoms with van der Waals surface area (Å²) in [7, 11) is 0. The first-order valence-electron chi connectivity index (χ1n) is 4.46. The van der Waals surface area contributed by atoms with Crippen molar-refractivity contribution in [1.29, 1.82) is 0 Å². The third-order valence-corrected chi connectivity index (χ3v) is 2.68. The van der Waals surface area contributed by atoms with Crippen LogP contribution in [-0.2, 0) is 4.79 Å². The lowest BCUT2D eigenvalue weighted by Crippen LogP contribution is -2.35. The van der Waals surface area contributed by atoms with E-state index >= 15 is 0 Å². The number of anilines is 1. The smallest absolute Gasteiger partial charge is 0.307 e. The van der Waals surface area contributed by atoms with Crippen LogP contribution in [0.25, 0.3) is 0 Å². The van der Waals surface area contributed by atoms with E-state index in [1.165, 1.54) is 0 Å². The van der Waals surface area contributed by atoms with E-state index < -0.39 is 11.9 Å². The van der Waals surface area contributed by atoms with Gasteiger partial charge in [-0.3, -0.25) is 10.1 Å². The van der Waals surface area contributed by atoms with E-state index in [0.717, 1.165) is 10.0 Å². The fourth-order valence-electron chi connectivity index (χ4n) is 1.05. The Hall–Kier alpha value is -1.07. The molecular weight excluding hydrogens is 295 g/mol. The zero-order chi connectivity index (χ0) is 12.1. The maximum absolute atomic E-state index is 11.3. The monoisotopic (exact) mass is 304 g/mol. The predicted molar refractivity (Wildman–Crippen MR) is 66.8 cm³/mol. The Morgan fingerprint density at radius 3 is 2.75 bits per heavy atom. The molecule has 0 aliphatic carbocycles. The van der Waals surface area contributed by atoms with E-state index in [-0.39, 0.29) is 5.88 Å². The van der Waals surface area contributed by atoms with Gasteiger partial charge in [-0.25, -0.2) is 4.79 Å². The number of nitrogens with one attached hydrogen (secondary N) is 2. The molecule has 6 heteroatoms. The van der Waals surface area contributed by atoms with Crippen LogP contribution in [0.2, 0.25) is 0 Å². The van der Waals surface area contributed by atoms with Gasteiger partial charge < -0.3 is 5.32 Å². The Kier molecular flexibility index (Phi) is 4.76. The molecule has 16 heavy (non-hydrogen) atoms. The Labute approximate surface area is 106 Å². The first-order valence-corrected chi connectivity index (χ1v) is 5.78. The molecule has 0 radical (unpaired) electrons. The highest BCUT2D eigenvalue weighted by Gasteiger charge is 2.08. The van der Waals surface area contributed by atoms with Crippen LogP contribution in [-0.4, -0.2) is 17.8 Å². The molecule has 1 rings (SSSR count). The average molecular weight is 306 g/mol. The van der Waals surface area contributed by atoms with Crippen LogP contribution >= 0.6 is 27.5 Å². The number of alkyl halides is 1. The number of aryl methyl sites for hydroxylation is 1. The summed E-state index contributed by atoms with van der Waals surface area (Å²) in [5, 5.41) is 4.62. The van der Waals surface area contributed by atoms with Crippen molar-refractivity contribution < 1.29 is 9.59 Å². The van der Waals surface area contributed by atoms with Crippen molar-refractivity contribution in [2.45, 2.75) is 6.92 Å². The van der Waals surface area contributed by atoms with Crippen molar-refractivity contribution in [3.05, 3.63) is 28.2 Å². The number of imide groups is 1. The first-order chi connectivity index (χ1) is 7.52. The van der Waals surface area contributed by atoms with Gasteiger partial charge in [0.1, 0.15) is 5.88 Å². The van der Waals surface area contributed by atoms with E-state index in [4.69, 9.17) is 11.6 Å². The quantitative estimate of drug-likeness (QED) is 0.825. The molecule has 0 saturated carbocycles. The van der Waals surface area contributed by atoms with E-state index in [2.05, 4.69) is 26.6 Å². The van der Waals surface area contributed by atoms with Gasteiger partial charge in [-0.15, -0.1) is 11.6 Å². The number of benzene rings is 1. The first kappa shape index (κ1) is 13.0. The van der Waals surface area contributed by atoms with Crippen LogP contribution in [0.15, 0.2) is 22.7 Å². The van der Waals surface area contributed by atoms with Gasteiger partial charge in [0.25, 0.3) is 0 Å². The zero-order valence-electron chi connectivity index (χ0n) is 8.51. The molecule has 86 valence electrons. The van der Waals surface area contributed by atoms with Gasteiger partial charge >= 0.3 is 6.03 Å². The van der Waals surface area contributed by atoms with Crippen molar-refractivity contribution in [2.24, 2.45) is 0 Å². The van der Waals surface area contributed by atoms with Crippen LogP contribution in [0.1, 0.15) is 5.56 Å². The highest BCUT2D eigenvalue weighted by Crippen LogP contribution is 2.23. The van der Waals surface area contributed by atoms with Crippen molar-refractivity contribution in [2.75, 3.05) is 11.2 Å². The van der Waals surface area contributed by atoms with E-state index in [9.17, 15) is 9.59 Å². The summed E-state index contributed by atoms with van der Waals surface area (Å²) in [6, 6.07) is 4.90. The second-order valence-electron chi connectivity index (χ2n) is 3.12. The number of hydrogen-bond acceptors (Lipinski definition) is 2. The number of halogens is 2. The maximum Gasteiger partial charge on any atom is 0.325 e. The van der Waals surface area contributed by atoms with Gasteiger partial charge in [-0.05, 0) is 40.5 Å². The lowest BCUT2D eigenvalue weighted by Gasteiger charge is -2.08.